The lowest BCUT2D eigenvalue weighted by Gasteiger charge is -2.28. The van der Waals surface area contributed by atoms with Crippen LogP contribution < -0.4 is 0 Å². The first-order valence-corrected chi connectivity index (χ1v) is 7.44. The Kier molecular flexibility index (Phi) is 5.29. The Balaban J connectivity index is 3.12. The first-order chi connectivity index (χ1) is 9.39. The zero-order valence-electron chi connectivity index (χ0n) is 9.85. The standard InChI is InChI=1S/C9H8F6O4S2/c10-8(11,12)7(9(13,14)15)6(3-16)19-21(17,18)5-1-2-20-4-5/h1-2,4,6-7,16H,3H2. The van der Waals surface area contributed by atoms with Crippen LogP contribution in [-0.2, 0) is 14.3 Å². The van der Waals surface area contributed by atoms with Crippen molar-refractivity contribution >= 4 is 21.5 Å². The fourth-order valence-electron chi connectivity index (χ4n) is 1.41. The van der Waals surface area contributed by atoms with Crippen LogP contribution in [0.1, 0.15) is 0 Å². The number of aliphatic hydroxyl groups is 1. The predicted octanol–water partition coefficient (Wildman–Crippen LogP) is 2.56. The maximum absolute atomic E-state index is 12.5. The van der Waals surface area contributed by atoms with Crippen molar-refractivity contribution in [2.75, 3.05) is 6.61 Å². The second kappa shape index (κ2) is 6.10. The molecule has 1 N–H and O–H groups in total. The zero-order valence-corrected chi connectivity index (χ0v) is 11.5. The van der Waals surface area contributed by atoms with E-state index in [0.717, 1.165) is 22.8 Å². The highest BCUT2D eigenvalue weighted by Gasteiger charge is 2.61. The molecule has 1 atom stereocenters. The molecule has 12 heteroatoms. The van der Waals surface area contributed by atoms with Crippen LogP contribution in [0.2, 0.25) is 0 Å². The molecule has 0 aliphatic carbocycles. The van der Waals surface area contributed by atoms with E-state index < -0.39 is 46.0 Å². The van der Waals surface area contributed by atoms with Crippen molar-refractivity contribution in [3.05, 3.63) is 16.8 Å². The van der Waals surface area contributed by atoms with Crippen LogP contribution in [0.4, 0.5) is 26.3 Å². The van der Waals surface area contributed by atoms with E-state index >= 15 is 0 Å². The predicted molar refractivity (Wildman–Crippen MR) is 59.1 cm³/mol. The molecular formula is C9H8F6O4S2. The monoisotopic (exact) mass is 358 g/mol. The lowest BCUT2D eigenvalue weighted by atomic mass is 10.0. The summed E-state index contributed by atoms with van der Waals surface area (Å²) in [6.07, 6.45) is -14.7. The molecule has 21 heavy (non-hydrogen) atoms. The van der Waals surface area contributed by atoms with E-state index in [9.17, 15) is 34.8 Å². The highest BCUT2D eigenvalue weighted by molar-refractivity contribution is 7.87. The van der Waals surface area contributed by atoms with Gasteiger partial charge in [0, 0.05) is 5.38 Å². The number of hydrogen-bond donors (Lipinski definition) is 1. The number of thiophene rings is 1. The third-order valence-electron chi connectivity index (χ3n) is 2.29. The minimum absolute atomic E-state index is 0.589. The maximum atomic E-state index is 12.5. The summed E-state index contributed by atoms with van der Waals surface area (Å²) in [6, 6.07) is 0.949. The van der Waals surface area contributed by atoms with E-state index in [1.54, 1.807) is 0 Å². The molecule has 0 saturated carbocycles. The van der Waals surface area contributed by atoms with E-state index in [0.29, 0.717) is 0 Å². The van der Waals surface area contributed by atoms with Crippen molar-refractivity contribution in [2.45, 2.75) is 23.4 Å². The Bertz CT molecular complexity index is 534. The highest BCUT2D eigenvalue weighted by atomic mass is 32.2. The Morgan fingerprint density at radius 1 is 1.19 bits per heavy atom. The maximum Gasteiger partial charge on any atom is 0.403 e. The third kappa shape index (κ3) is 4.56. The average Bonchev–Trinajstić information content (AvgIpc) is 2.77. The van der Waals surface area contributed by atoms with Gasteiger partial charge in [0.2, 0.25) is 0 Å². The number of aliphatic hydroxyl groups excluding tert-OH is 1. The van der Waals surface area contributed by atoms with Gasteiger partial charge in [-0.05, 0) is 11.4 Å². The summed E-state index contributed by atoms with van der Waals surface area (Å²) in [4.78, 5) is -0.589. The minimum Gasteiger partial charge on any atom is -0.394 e. The van der Waals surface area contributed by atoms with Crippen molar-refractivity contribution in [1.29, 1.82) is 0 Å². The largest absolute Gasteiger partial charge is 0.403 e. The first kappa shape index (κ1) is 18.2. The molecule has 0 aliphatic heterocycles. The topological polar surface area (TPSA) is 63.6 Å². The van der Waals surface area contributed by atoms with Crippen LogP contribution in [0.3, 0.4) is 0 Å². The van der Waals surface area contributed by atoms with Crippen molar-refractivity contribution in [2.24, 2.45) is 5.92 Å². The van der Waals surface area contributed by atoms with Crippen molar-refractivity contribution in [3.8, 4) is 0 Å². The fourth-order valence-corrected chi connectivity index (χ4v) is 3.49. The van der Waals surface area contributed by atoms with Gasteiger partial charge in [0.05, 0.1) is 6.61 Å². The SMILES string of the molecule is O=S(=O)(OC(CO)C(C(F)(F)F)C(F)(F)F)c1ccsc1. The van der Waals surface area contributed by atoms with Gasteiger partial charge in [-0.1, -0.05) is 0 Å². The van der Waals surface area contributed by atoms with Gasteiger partial charge in [0.1, 0.15) is 11.0 Å². The molecule has 122 valence electrons. The Labute approximate surface area is 119 Å². The number of halogens is 6. The van der Waals surface area contributed by atoms with E-state index in [1.165, 1.54) is 5.38 Å². The van der Waals surface area contributed by atoms with Crippen LogP contribution in [0.5, 0.6) is 0 Å². The molecule has 0 bridgehead atoms. The van der Waals surface area contributed by atoms with Crippen LogP contribution in [-0.4, -0.2) is 38.6 Å². The smallest absolute Gasteiger partial charge is 0.394 e. The quantitative estimate of drug-likeness (QED) is 0.649. The summed E-state index contributed by atoms with van der Waals surface area (Å²) >= 11 is 0.855. The van der Waals surface area contributed by atoms with Crippen LogP contribution in [0.25, 0.3) is 0 Å². The second-order valence-corrected chi connectivity index (χ2v) is 6.14. The van der Waals surface area contributed by atoms with E-state index in [2.05, 4.69) is 4.18 Å². The van der Waals surface area contributed by atoms with Gasteiger partial charge in [-0.3, -0.25) is 4.18 Å². The third-order valence-corrected chi connectivity index (χ3v) is 4.46. The Morgan fingerprint density at radius 3 is 2.05 bits per heavy atom. The van der Waals surface area contributed by atoms with Crippen molar-refractivity contribution < 1.29 is 44.0 Å². The van der Waals surface area contributed by atoms with Gasteiger partial charge in [-0.25, -0.2) is 0 Å². The van der Waals surface area contributed by atoms with Crippen molar-refractivity contribution in [3.63, 3.8) is 0 Å². The number of hydrogen-bond acceptors (Lipinski definition) is 5. The number of rotatable bonds is 5. The molecule has 1 unspecified atom stereocenters. The van der Waals surface area contributed by atoms with Crippen LogP contribution in [0, 0.1) is 5.92 Å². The summed E-state index contributed by atoms with van der Waals surface area (Å²) < 4.78 is 102. The summed E-state index contributed by atoms with van der Waals surface area (Å²) in [5.41, 5.74) is 0. The minimum atomic E-state index is -5.82. The molecule has 0 aromatic carbocycles. The van der Waals surface area contributed by atoms with Crippen molar-refractivity contribution in [1.82, 2.24) is 0 Å². The average molecular weight is 358 g/mol. The summed E-state index contributed by atoms with van der Waals surface area (Å²) in [5, 5.41) is 10.9. The molecule has 0 radical (unpaired) electrons. The van der Waals surface area contributed by atoms with Gasteiger partial charge < -0.3 is 5.11 Å². The first-order valence-electron chi connectivity index (χ1n) is 5.09. The fraction of sp³-hybridized carbons (Fsp3) is 0.556. The molecule has 1 aromatic rings. The molecule has 0 spiro atoms. The van der Waals surface area contributed by atoms with Gasteiger partial charge in [0.25, 0.3) is 10.1 Å². The normalized spacial score (nSPS) is 15.4. The Hall–Kier alpha value is -0.850. The summed E-state index contributed by atoms with van der Waals surface area (Å²) in [7, 11) is -4.84. The van der Waals surface area contributed by atoms with E-state index in [-0.39, 0.29) is 0 Å². The molecule has 0 fully saturated rings. The van der Waals surface area contributed by atoms with Gasteiger partial charge >= 0.3 is 12.4 Å². The molecule has 1 rings (SSSR count). The zero-order chi connectivity index (χ0) is 16.5. The van der Waals surface area contributed by atoms with Gasteiger partial charge in [-0.15, -0.1) is 0 Å². The molecular weight excluding hydrogens is 350 g/mol. The van der Waals surface area contributed by atoms with Crippen LogP contribution in [0.15, 0.2) is 21.7 Å². The molecule has 1 aromatic heterocycles. The van der Waals surface area contributed by atoms with Crippen LogP contribution >= 0.6 is 11.3 Å². The van der Waals surface area contributed by atoms with E-state index in [1.807, 2.05) is 0 Å². The molecule has 0 aliphatic rings. The molecule has 0 amide bonds. The Morgan fingerprint density at radius 2 is 1.71 bits per heavy atom. The van der Waals surface area contributed by atoms with Gasteiger partial charge in [-0.2, -0.15) is 46.1 Å². The highest BCUT2D eigenvalue weighted by Crippen LogP contribution is 2.43. The molecule has 0 saturated heterocycles. The molecule has 4 nitrogen and oxygen atoms in total. The lowest BCUT2D eigenvalue weighted by molar-refractivity contribution is -0.305. The lowest BCUT2D eigenvalue weighted by Crippen LogP contribution is -2.48. The summed E-state index contributed by atoms with van der Waals surface area (Å²) in [6.45, 7) is -1.77. The second-order valence-electron chi connectivity index (χ2n) is 3.79. The number of alkyl halides is 6. The van der Waals surface area contributed by atoms with Gasteiger partial charge in [0.15, 0.2) is 5.92 Å². The van der Waals surface area contributed by atoms with E-state index in [4.69, 9.17) is 5.11 Å². The molecule has 1 heterocycles. The summed E-state index contributed by atoms with van der Waals surface area (Å²) in [5.74, 6) is -4.12.